The van der Waals surface area contributed by atoms with Crippen molar-refractivity contribution in [3.8, 4) is 10.7 Å². The van der Waals surface area contributed by atoms with Gasteiger partial charge < -0.3 is 19.4 Å². The van der Waals surface area contributed by atoms with Gasteiger partial charge in [-0.25, -0.2) is 18.2 Å². The van der Waals surface area contributed by atoms with Crippen LogP contribution in [0.2, 0.25) is 0 Å². The second-order valence-corrected chi connectivity index (χ2v) is 13.4. The number of amides is 1. The Balaban J connectivity index is 1.36. The van der Waals surface area contributed by atoms with E-state index in [0.717, 1.165) is 46.1 Å². The Kier molecular flexibility index (Phi) is 9.06. The highest BCUT2D eigenvalue weighted by molar-refractivity contribution is 7.94. The van der Waals surface area contributed by atoms with Crippen molar-refractivity contribution in [2.45, 2.75) is 24.6 Å². The van der Waals surface area contributed by atoms with Gasteiger partial charge in [-0.15, -0.1) is 22.7 Å². The van der Waals surface area contributed by atoms with E-state index in [1.54, 1.807) is 33.7 Å². The summed E-state index contributed by atoms with van der Waals surface area (Å²) < 4.78 is 39.6. The Labute approximate surface area is 242 Å². The van der Waals surface area contributed by atoms with Gasteiger partial charge in [-0.3, -0.25) is 9.21 Å². The number of benzene rings is 1. The van der Waals surface area contributed by atoms with Crippen LogP contribution in [0, 0.1) is 0 Å². The summed E-state index contributed by atoms with van der Waals surface area (Å²) in [6.07, 6.45) is 1.64. The molecule has 0 unspecified atom stereocenters. The molecule has 5 rings (SSSR count). The van der Waals surface area contributed by atoms with E-state index in [2.05, 4.69) is 14.9 Å². The molecule has 0 atom stereocenters. The third-order valence-electron chi connectivity index (χ3n) is 6.65. The van der Waals surface area contributed by atoms with Crippen LogP contribution in [-0.2, 0) is 26.0 Å². The Hall–Kier alpha value is -2.97. The van der Waals surface area contributed by atoms with Gasteiger partial charge in [0.2, 0.25) is 0 Å². The van der Waals surface area contributed by atoms with Gasteiger partial charge in [-0.1, -0.05) is 18.2 Å². The Morgan fingerprint density at radius 3 is 2.67 bits per heavy atom. The molecular formula is C27H33N5O5S3. The molecule has 214 valence electrons. The number of carbonyl (C=O) groups is 1. The summed E-state index contributed by atoms with van der Waals surface area (Å²) in [4.78, 5) is 25.3. The number of aromatic amines is 1. The number of carbonyl (C=O) groups excluding carboxylic acids is 1. The summed E-state index contributed by atoms with van der Waals surface area (Å²) in [6.45, 7) is 8.68. The molecule has 1 saturated heterocycles. The summed E-state index contributed by atoms with van der Waals surface area (Å²) in [5.74, 6) is 0. The van der Waals surface area contributed by atoms with Crippen LogP contribution in [-0.4, -0.2) is 86.8 Å². The lowest BCUT2D eigenvalue weighted by molar-refractivity contribution is 0.0781. The van der Waals surface area contributed by atoms with Gasteiger partial charge in [0, 0.05) is 55.8 Å². The molecule has 0 bridgehead atoms. The number of hydrogen-bond acceptors (Lipinski definition) is 9. The normalized spacial score (nSPS) is 14.6. The summed E-state index contributed by atoms with van der Waals surface area (Å²) in [7, 11) is -3.76. The average Bonchev–Trinajstić information content (AvgIpc) is 3.73. The predicted molar refractivity (Wildman–Crippen MR) is 159 cm³/mol. The van der Waals surface area contributed by atoms with Gasteiger partial charge in [-0.2, -0.15) is 0 Å². The minimum Gasteiger partial charge on any atom is -0.450 e. The molecule has 1 N–H and O–H groups in total. The van der Waals surface area contributed by atoms with Crippen molar-refractivity contribution >= 4 is 55.4 Å². The van der Waals surface area contributed by atoms with Crippen molar-refractivity contribution in [1.82, 2.24) is 19.8 Å². The number of sulfonamides is 1. The fourth-order valence-electron chi connectivity index (χ4n) is 4.67. The number of anilines is 1. The van der Waals surface area contributed by atoms with Gasteiger partial charge >= 0.3 is 6.09 Å². The summed E-state index contributed by atoms with van der Waals surface area (Å²) >= 11 is 2.81. The molecule has 0 aliphatic carbocycles. The second-order valence-electron chi connectivity index (χ2n) is 9.22. The molecule has 1 aromatic carbocycles. The number of nitrogens with one attached hydrogen (secondary N) is 1. The molecule has 4 aromatic rings. The molecular weight excluding hydrogens is 571 g/mol. The Bertz CT molecular complexity index is 1520. The maximum absolute atomic E-state index is 13.6. The van der Waals surface area contributed by atoms with Crippen molar-refractivity contribution in [1.29, 1.82) is 0 Å². The van der Waals surface area contributed by atoms with E-state index in [4.69, 9.17) is 9.47 Å². The molecule has 0 spiro atoms. The third-order valence-corrected chi connectivity index (χ3v) is 10.8. The van der Waals surface area contributed by atoms with E-state index in [-0.39, 0.29) is 19.2 Å². The molecule has 0 radical (unpaired) electrons. The van der Waals surface area contributed by atoms with Crippen LogP contribution in [0.4, 0.5) is 10.5 Å². The fourth-order valence-corrected chi connectivity index (χ4v) is 8.16. The van der Waals surface area contributed by atoms with Crippen molar-refractivity contribution in [3.05, 3.63) is 52.9 Å². The molecule has 1 fully saturated rings. The van der Waals surface area contributed by atoms with Crippen molar-refractivity contribution < 1.29 is 22.7 Å². The number of hydrogen-bond donors (Lipinski definition) is 1. The van der Waals surface area contributed by atoms with E-state index in [1.807, 2.05) is 44.3 Å². The summed E-state index contributed by atoms with van der Waals surface area (Å²) in [5, 5.41) is 3.51. The molecule has 3 aromatic heterocycles. The summed E-state index contributed by atoms with van der Waals surface area (Å²) in [5.41, 5.74) is 2.15. The first-order valence-corrected chi connectivity index (χ1v) is 16.4. The predicted octanol–water partition coefficient (Wildman–Crippen LogP) is 4.86. The number of rotatable bonds is 11. The number of fused-ring (bicyclic) bond motifs is 1. The topological polar surface area (TPSA) is 108 Å². The van der Waals surface area contributed by atoms with E-state index in [1.165, 1.54) is 15.6 Å². The molecule has 13 heteroatoms. The number of ether oxygens (including phenoxy) is 2. The van der Waals surface area contributed by atoms with Gasteiger partial charge in [0.05, 0.1) is 36.7 Å². The maximum Gasteiger partial charge on any atom is 0.409 e. The number of para-hydroxylation sites is 1. The molecule has 10 nitrogen and oxygen atoms in total. The van der Waals surface area contributed by atoms with Crippen LogP contribution in [0.3, 0.4) is 0 Å². The highest BCUT2D eigenvalue weighted by atomic mass is 32.2. The minimum atomic E-state index is -3.76. The third kappa shape index (κ3) is 6.18. The number of piperazine rings is 1. The zero-order chi connectivity index (χ0) is 28.1. The maximum atomic E-state index is 13.6. The molecule has 0 saturated carbocycles. The summed E-state index contributed by atoms with van der Waals surface area (Å²) in [6, 6.07) is 11.0. The lowest BCUT2D eigenvalue weighted by Crippen LogP contribution is -2.48. The number of aromatic nitrogens is 2. The lowest BCUT2D eigenvalue weighted by atomic mass is 10.2. The fraction of sp³-hybridized carbons (Fsp3) is 0.407. The molecule has 4 heterocycles. The molecule has 1 aliphatic rings. The van der Waals surface area contributed by atoms with Crippen LogP contribution < -0.4 is 4.31 Å². The van der Waals surface area contributed by atoms with E-state index in [9.17, 15) is 13.2 Å². The smallest absolute Gasteiger partial charge is 0.409 e. The van der Waals surface area contributed by atoms with Crippen LogP contribution in [0.5, 0.6) is 0 Å². The van der Waals surface area contributed by atoms with Crippen molar-refractivity contribution in [3.63, 3.8) is 0 Å². The average molecular weight is 604 g/mol. The monoisotopic (exact) mass is 603 g/mol. The van der Waals surface area contributed by atoms with E-state index < -0.39 is 10.0 Å². The number of thiophene rings is 1. The molecule has 1 aliphatic heterocycles. The molecule has 40 heavy (non-hydrogen) atoms. The van der Waals surface area contributed by atoms with Crippen molar-refractivity contribution in [2.75, 3.05) is 56.8 Å². The standard InChI is InChI=1S/C27H33N5O5S3/c1-3-36-15-14-32(40(34,35)24-9-6-16-38-24)23-8-5-7-20-17-22(29-25(20)23)26-28-18-21(39-26)19-30-10-12-31(13-11-30)27(33)37-4-2/h5-9,16-18,29H,3-4,10-15,19H2,1-2H3. The van der Waals surface area contributed by atoms with Gasteiger partial charge in [0.25, 0.3) is 10.0 Å². The van der Waals surface area contributed by atoms with Crippen molar-refractivity contribution in [2.24, 2.45) is 0 Å². The van der Waals surface area contributed by atoms with Crippen LogP contribution >= 0.6 is 22.7 Å². The number of nitrogens with zero attached hydrogens (tertiary/aromatic N) is 4. The van der Waals surface area contributed by atoms with Crippen LogP contribution in [0.1, 0.15) is 18.7 Å². The molecule has 1 amide bonds. The van der Waals surface area contributed by atoms with E-state index in [0.29, 0.717) is 36.2 Å². The van der Waals surface area contributed by atoms with E-state index >= 15 is 0 Å². The quantitative estimate of drug-likeness (QED) is 0.244. The lowest BCUT2D eigenvalue weighted by Gasteiger charge is -2.33. The minimum absolute atomic E-state index is 0.201. The SMILES string of the molecule is CCOCCN(c1cccc2cc(-c3ncc(CN4CCN(C(=O)OCC)CC4)s3)[nH]c12)S(=O)(=O)c1cccs1. The van der Waals surface area contributed by atoms with Gasteiger partial charge in [0.15, 0.2) is 0 Å². The first kappa shape index (κ1) is 28.6. The van der Waals surface area contributed by atoms with Crippen LogP contribution in [0.25, 0.3) is 21.6 Å². The number of thiazole rings is 1. The first-order valence-electron chi connectivity index (χ1n) is 13.3. The highest BCUT2D eigenvalue weighted by Crippen LogP contribution is 2.35. The van der Waals surface area contributed by atoms with Crippen LogP contribution in [0.15, 0.2) is 52.2 Å². The second kappa shape index (κ2) is 12.7. The zero-order valence-corrected chi connectivity index (χ0v) is 25.0. The Morgan fingerprint density at radius 1 is 1.12 bits per heavy atom. The number of H-pyrrole nitrogens is 1. The zero-order valence-electron chi connectivity index (χ0n) is 22.5. The first-order chi connectivity index (χ1) is 19.4. The largest absolute Gasteiger partial charge is 0.450 e. The Morgan fingerprint density at radius 2 is 1.95 bits per heavy atom. The van der Waals surface area contributed by atoms with Gasteiger partial charge in [0.1, 0.15) is 9.22 Å². The highest BCUT2D eigenvalue weighted by Gasteiger charge is 2.28. The van der Waals surface area contributed by atoms with Gasteiger partial charge in [-0.05, 0) is 37.4 Å².